The second kappa shape index (κ2) is 10.8. The van der Waals surface area contributed by atoms with E-state index in [4.69, 9.17) is 4.74 Å². The highest BCUT2D eigenvalue weighted by molar-refractivity contribution is 5.78. The Kier molecular flexibility index (Phi) is 7.53. The molecule has 1 aromatic carbocycles. The van der Waals surface area contributed by atoms with E-state index in [-0.39, 0.29) is 42.4 Å². The summed E-state index contributed by atoms with van der Waals surface area (Å²) in [5.74, 6) is -2.93. The van der Waals surface area contributed by atoms with Crippen molar-refractivity contribution >= 4 is 23.1 Å². The molecule has 2 aliphatic rings. The van der Waals surface area contributed by atoms with Gasteiger partial charge >= 0.3 is 17.8 Å². The Morgan fingerprint density at radius 3 is 2.51 bits per heavy atom. The van der Waals surface area contributed by atoms with Crippen LogP contribution < -0.4 is 21.5 Å². The van der Waals surface area contributed by atoms with E-state index in [9.17, 15) is 31.9 Å². The van der Waals surface area contributed by atoms with Crippen LogP contribution in [-0.2, 0) is 29.5 Å². The van der Waals surface area contributed by atoms with Crippen LogP contribution >= 0.6 is 0 Å². The Hall–Kier alpha value is -3.94. The van der Waals surface area contributed by atoms with E-state index >= 15 is 0 Å². The SMILES string of the molecule is CC(C)CC(OC(=O)C(F)(F)F)n1c(N2CCC3=C2CNC3)nc2c1c(=O)n(CCc1ccc(F)cc1)c(=O)n2C. The highest BCUT2D eigenvalue weighted by Gasteiger charge is 2.44. The number of fused-ring (bicyclic) bond motifs is 1. The molecule has 14 heteroatoms. The van der Waals surface area contributed by atoms with Crippen LogP contribution in [0.15, 0.2) is 45.1 Å². The number of esters is 1. The molecule has 0 spiro atoms. The van der Waals surface area contributed by atoms with Crippen molar-refractivity contribution in [1.29, 1.82) is 0 Å². The lowest BCUT2D eigenvalue weighted by atomic mass is 10.1. The number of halogens is 4. The lowest BCUT2D eigenvalue weighted by Crippen LogP contribution is -2.40. The minimum atomic E-state index is -5.26. The summed E-state index contributed by atoms with van der Waals surface area (Å²) < 4.78 is 61.9. The molecule has 2 aromatic heterocycles. The van der Waals surface area contributed by atoms with E-state index in [0.29, 0.717) is 31.6 Å². The normalized spacial score (nSPS) is 16.2. The maximum absolute atomic E-state index is 13.9. The van der Waals surface area contributed by atoms with Gasteiger partial charge in [0.2, 0.25) is 5.95 Å². The number of alkyl halides is 3. The molecule has 1 atom stereocenters. The molecule has 220 valence electrons. The molecule has 1 unspecified atom stereocenters. The van der Waals surface area contributed by atoms with E-state index in [0.717, 1.165) is 20.4 Å². The average Bonchev–Trinajstić information content (AvgIpc) is 3.62. The molecule has 0 saturated heterocycles. The summed E-state index contributed by atoms with van der Waals surface area (Å²) in [7, 11) is 1.42. The third-order valence-electron chi connectivity index (χ3n) is 7.37. The Balaban J connectivity index is 1.71. The van der Waals surface area contributed by atoms with Crippen LogP contribution in [0.1, 0.15) is 38.5 Å². The number of imidazole rings is 1. The van der Waals surface area contributed by atoms with Crippen molar-refractivity contribution in [2.45, 2.75) is 52.1 Å². The number of ether oxygens (including phenoxy) is 1. The number of rotatable bonds is 8. The summed E-state index contributed by atoms with van der Waals surface area (Å²) >= 11 is 0. The molecule has 2 aliphatic heterocycles. The largest absolute Gasteiger partial charge is 0.491 e. The molecular formula is C27H30F4N6O4. The number of carbonyl (C=O) groups is 1. The van der Waals surface area contributed by atoms with Crippen LogP contribution in [0.25, 0.3) is 11.2 Å². The maximum Gasteiger partial charge on any atom is 0.491 e. The number of nitrogens with zero attached hydrogens (tertiary/aromatic N) is 5. The van der Waals surface area contributed by atoms with Gasteiger partial charge in [-0.05, 0) is 42.0 Å². The summed E-state index contributed by atoms with van der Waals surface area (Å²) in [5, 5.41) is 3.24. The lowest BCUT2D eigenvalue weighted by Gasteiger charge is -2.27. The number of carbonyl (C=O) groups excluding carboxylic acids is 1. The van der Waals surface area contributed by atoms with Crippen LogP contribution in [0.2, 0.25) is 0 Å². The fourth-order valence-corrected chi connectivity index (χ4v) is 5.36. The van der Waals surface area contributed by atoms with E-state index in [1.165, 1.54) is 35.9 Å². The second-order valence-corrected chi connectivity index (χ2v) is 10.7. The highest BCUT2D eigenvalue weighted by atomic mass is 19.4. The fraction of sp³-hybridized carbons (Fsp3) is 0.481. The standard InChI is InChI=1S/C27H30F4N6O4/c1-15(2)12-20(41-24(39)27(29,30)31)37-21-22(33-25(37)35-11-9-17-13-32-14-19(17)35)34(3)26(40)36(23(21)38)10-8-16-4-6-18(28)7-5-16/h4-7,15,20,32H,8-14H2,1-3H3. The summed E-state index contributed by atoms with van der Waals surface area (Å²) in [6.45, 7) is 5.04. The number of aromatic nitrogens is 4. The molecular weight excluding hydrogens is 548 g/mol. The third-order valence-corrected chi connectivity index (χ3v) is 7.37. The molecule has 5 rings (SSSR count). The molecule has 10 nitrogen and oxygen atoms in total. The number of nitrogens with one attached hydrogen (secondary N) is 1. The minimum absolute atomic E-state index is 0.0372. The van der Waals surface area contributed by atoms with Crippen LogP contribution in [0, 0.1) is 11.7 Å². The van der Waals surface area contributed by atoms with Crippen molar-refractivity contribution < 1.29 is 27.1 Å². The molecule has 1 N–H and O–H groups in total. The van der Waals surface area contributed by atoms with Gasteiger partial charge in [0.1, 0.15) is 5.82 Å². The monoisotopic (exact) mass is 578 g/mol. The van der Waals surface area contributed by atoms with Crippen molar-refractivity contribution in [3.63, 3.8) is 0 Å². The smallest absolute Gasteiger partial charge is 0.434 e. The Bertz CT molecular complexity index is 1630. The zero-order chi connectivity index (χ0) is 29.6. The van der Waals surface area contributed by atoms with Crippen molar-refractivity contribution in [1.82, 2.24) is 24.0 Å². The Morgan fingerprint density at radius 2 is 1.85 bits per heavy atom. The topological polar surface area (TPSA) is 103 Å². The van der Waals surface area contributed by atoms with Crippen molar-refractivity contribution in [3.05, 3.63) is 67.8 Å². The maximum atomic E-state index is 13.9. The first-order valence-electron chi connectivity index (χ1n) is 13.3. The van der Waals surface area contributed by atoms with Crippen molar-refractivity contribution in [2.75, 3.05) is 24.5 Å². The van der Waals surface area contributed by atoms with Crippen LogP contribution in [-0.4, -0.2) is 50.5 Å². The number of aryl methyl sites for hydroxylation is 2. The molecule has 0 bridgehead atoms. The molecule has 0 fully saturated rings. The predicted molar refractivity (Wildman–Crippen MR) is 142 cm³/mol. The average molecular weight is 579 g/mol. The van der Waals surface area contributed by atoms with Gasteiger partial charge in [0.15, 0.2) is 17.4 Å². The van der Waals surface area contributed by atoms with E-state index in [1.807, 2.05) is 0 Å². The lowest BCUT2D eigenvalue weighted by molar-refractivity contribution is -0.209. The molecule has 3 aromatic rings. The van der Waals surface area contributed by atoms with Gasteiger partial charge in [-0.2, -0.15) is 18.2 Å². The van der Waals surface area contributed by atoms with Crippen molar-refractivity contribution in [2.24, 2.45) is 13.0 Å². The van der Waals surface area contributed by atoms with Gasteiger partial charge in [0.25, 0.3) is 5.56 Å². The molecule has 0 amide bonds. The fourth-order valence-electron chi connectivity index (χ4n) is 5.36. The van der Waals surface area contributed by atoms with E-state index in [2.05, 4.69) is 10.3 Å². The van der Waals surface area contributed by atoms with Gasteiger partial charge < -0.3 is 15.0 Å². The molecule has 41 heavy (non-hydrogen) atoms. The second-order valence-electron chi connectivity index (χ2n) is 10.7. The molecule has 4 heterocycles. The number of hydrogen-bond acceptors (Lipinski definition) is 7. The summed E-state index contributed by atoms with van der Waals surface area (Å²) in [6, 6.07) is 5.61. The quantitative estimate of drug-likeness (QED) is 0.324. The number of hydrogen-bond donors (Lipinski definition) is 1. The van der Waals surface area contributed by atoms with Crippen LogP contribution in [0.3, 0.4) is 0 Å². The molecule has 0 radical (unpaired) electrons. The summed E-state index contributed by atoms with van der Waals surface area (Å²) in [4.78, 5) is 45.7. The van der Waals surface area contributed by atoms with Gasteiger partial charge in [-0.25, -0.2) is 14.0 Å². The molecule has 0 aliphatic carbocycles. The third kappa shape index (κ3) is 5.39. The van der Waals surface area contributed by atoms with Crippen molar-refractivity contribution in [3.8, 4) is 0 Å². The van der Waals surface area contributed by atoms with Gasteiger partial charge in [-0.15, -0.1) is 0 Å². The van der Waals surface area contributed by atoms with E-state index in [1.54, 1.807) is 18.7 Å². The number of benzene rings is 1. The van der Waals surface area contributed by atoms with Crippen LogP contribution in [0.4, 0.5) is 23.5 Å². The van der Waals surface area contributed by atoms with Gasteiger partial charge in [-0.3, -0.25) is 18.5 Å². The Morgan fingerprint density at radius 1 is 1.15 bits per heavy atom. The first-order chi connectivity index (χ1) is 19.4. The first-order valence-corrected chi connectivity index (χ1v) is 13.3. The predicted octanol–water partition coefficient (Wildman–Crippen LogP) is 3.00. The zero-order valence-corrected chi connectivity index (χ0v) is 22.8. The molecule has 0 saturated carbocycles. The van der Waals surface area contributed by atoms with Gasteiger partial charge in [0.05, 0.1) is 0 Å². The van der Waals surface area contributed by atoms with E-state index < -0.39 is 35.4 Å². The number of anilines is 1. The van der Waals surface area contributed by atoms with Gasteiger partial charge in [-0.1, -0.05) is 26.0 Å². The van der Waals surface area contributed by atoms with Gasteiger partial charge in [0, 0.05) is 45.3 Å². The Labute approximate surface area is 231 Å². The first kappa shape index (κ1) is 28.6. The minimum Gasteiger partial charge on any atom is -0.434 e. The highest BCUT2D eigenvalue weighted by Crippen LogP contribution is 2.36. The zero-order valence-electron chi connectivity index (χ0n) is 22.8. The van der Waals surface area contributed by atoms with Crippen LogP contribution in [0.5, 0.6) is 0 Å². The summed E-state index contributed by atoms with van der Waals surface area (Å²) in [6.07, 6.45) is -5.93. The summed E-state index contributed by atoms with van der Waals surface area (Å²) in [5.41, 5.74) is 1.04.